The summed E-state index contributed by atoms with van der Waals surface area (Å²) in [4.78, 5) is 15.2. The minimum Gasteiger partial charge on any atom is -0.493 e. The van der Waals surface area contributed by atoms with Gasteiger partial charge in [0, 0.05) is 37.8 Å². The van der Waals surface area contributed by atoms with Crippen molar-refractivity contribution in [3.63, 3.8) is 0 Å². The molecule has 184 valence electrons. The smallest absolute Gasteiger partial charge is 0.248 e. The van der Waals surface area contributed by atoms with Crippen molar-refractivity contribution in [3.8, 4) is 11.5 Å². The molecule has 1 aliphatic heterocycles. The lowest BCUT2D eigenvalue weighted by atomic mass is 10.1. The first-order valence-corrected chi connectivity index (χ1v) is 12.9. The van der Waals surface area contributed by atoms with Crippen LogP contribution in [0.4, 0.5) is 11.4 Å². The molecule has 0 radical (unpaired) electrons. The van der Waals surface area contributed by atoms with Crippen LogP contribution in [0.3, 0.4) is 0 Å². The Hall–Kier alpha value is -3.04. The summed E-state index contributed by atoms with van der Waals surface area (Å²) in [5.74, 6) is 0.720. The summed E-state index contributed by atoms with van der Waals surface area (Å²) in [6.45, 7) is 6.09. The van der Waals surface area contributed by atoms with Crippen molar-refractivity contribution in [2.75, 3.05) is 50.6 Å². The van der Waals surface area contributed by atoms with Crippen molar-refractivity contribution in [2.45, 2.75) is 31.6 Å². The van der Waals surface area contributed by atoms with Crippen LogP contribution in [-0.4, -0.2) is 59.0 Å². The number of ether oxygens (including phenoxy) is 2. The maximum Gasteiger partial charge on any atom is 0.248 e. The molecule has 9 heteroatoms. The molecule has 8 nitrogen and oxygen atoms in total. The largest absolute Gasteiger partial charge is 0.493 e. The predicted molar refractivity (Wildman–Crippen MR) is 135 cm³/mol. The van der Waals surface area contributed by atoms with E-state index in [1.165, 1.54) is 10.4 Å². The van der Waals surface area contributed by atoms with E-state index < -0.39 is 10.0 Å². The summed E-state index contributed by atoms with van der Waals surface area (Å²) in [5, 5.41) is 2.89. The number of carbonyl (C=O) groups excluding carboxylic acids is 1. The topological polar surface area (TPSA) is 88.2 Å². The second kappa shape index (κ2) is 11.4. The van der Waals surface area contributed by atoms with Gasteiger partial charge in [0.1, 0.15) is 0 Å². The molecular formula is C25H33N3O5S. The van der Waals surface area contributed by atoms with E-state index in [1.54, 1.807) is 58.4 Å². The van der Waals surface area contributed by atoms with Crippen molar-refractivity contribution in [1.82, 2.24) is 4.31 Å². The molecule has 2 aromatic rings. The molecule has 0 bridgehead atoms. The quantitative estimate of drug-likeness (QED) is 0.510. The number of hydrogen-bond donors (Lipinski definition) is 1. The van der Waals surface area contributed by atoms with E-state index in [4.69, 9.17) is 9.47 Å². The maximum atomic E-state index is 13.1. The molecule has 34 heavy (non-hydrogen) atoms. The molecule has 0 saturated carbocycles. The highest BCUT2D eigenvalue weighted by atomic mass is 32.2. The zero-order valence-electron chi connectivity index (χ0n) is 20.2. The zero-order chi connectivity index (χ0) is 24.7. The molecule has 1 N–H and O–H groups in total. The number of benzene rings is 2. The Morgan fingerprint density at radius 3 is 2.41 bits per heavy atom. The van der Waals surface area contributed by atoms with Gasteiger partial charge in [-0.05, 0) is 43.2 Å². The van der Waals surface area contributed by atoms with Crippen LogP contribution < -0.4 is 19.7 Å². The number of para-hydroxylation sites is 1. The average Bonchev–Trinajstić information content (AvgIpc) is 3.37. The Kier molecular flexibility index (Phi) is 8.57. The fraction of sp³-hybridized carbons (Fsp3) is 0.400. The van der Waals surface area contributed by atoms with Crippen LogP contribution in [-0.2, 0) is 14.8 Å². The van der Waals surface area contributed by atoms with E-state index in [0.29, 0.717) is 35.8 Å². The molecule has 1 amide bonds. The van der Waals surface area contributed by atoms with Crippen LogP contribution in [0.1, 0.15) is 32.3 Å². The highest BCUT2D eigenvalue weighted by molar-refractivity contribution is 7.89. The van der Waals surface area contributed by atoms with E-state index in [2.05, 4.69) is 10.2 Å². The van der Waals surface area contributed by atoms with Gasteiger partial charge >= 0.3 is 0 Å². The first-order chi connectivity index (χ1) is 16.3. The molecule has 0 atom stereocenters. The second-order valence-electron chi connectivity index (χ2n) is 7.87. The number of sulfonamides is 1. The van der Waals surface area contributed by atoms with Crippen molar-refractivity contribution < 1.29 is 22.7 Å². The normalized spacial score (nSPS) is 14.1. The zero-order valence-corrected chi connectivity index (χ0v) is 21.0. The highest BCUT2D eigenvalue weighted by Gasteiger charge is 2.24. The molecule has 2 aromatic carbocycles. The number of rotatable bonds is 10. The SMILES string of the molecule is CCN(CC)S(=O)(=O)c1ccc(N2CCCC2)c(NC(=O)/C=C/c2cccc(OC)c2OC)c1. The van der Waals surface area contributed by atoms with Crippen molar-refractivity contribution in [3.05, 3.63) is 48.0 Å². The molecule has 1 saturated heterocycles. The van der Waals surface area contributed by atoms with E-state index in [1.807, 2.05) is 12.1 Å². The number of anilines is 2. The molecule has 0 aromatic heterocycles. The number of nitrogens with one attached hydrogen (secondary N) is 1. The first-order valence-electron chi connectivity index (χ1n) is 11.4. The fourth-order valence-corrected chi connectivity index (χ4v) is 5.59. The van der Waals surface area contributed by atoms with Gasteiger partial charge in [0.25, 0.3) is 0 Å². The van der Waals surface area contributed by atoms with Gasteiger partial charge in [0.05, 0.1) is 30.5 Å². The Morgan fingerprint density at radius 2 is 1.79 bits per heavy atom. The van der Waals surface area contributed by atoms with Crippen molar-refractivity contribution in [1.29, 1.82) is 0 Å². The molecule has 0 spiro atoms. The van der Waals surface area contributed by atoms with Crippen LogP contribution in [0.15, 0.2) is 47.4 Å². The van der Waals surface area contributed by atoms with Gasteiger partial charge in [-0.25, -0.2) is 8.42 Å². The van der Waals surface area contributed by atoms with Gasteiger partial charge < -0.3 is 19.7 Å². The van der Waals surface area contributed by atoms with Gasteiger partial charge in [0.15, 0.2) is 11.5 Å². The Balaban J connectivity index is 1.92. The van der Waals surface area contributed by atoms with E-state index >= 15 is 0 Å². The van der Waals surface area contributed by atoms with Gasteiger partial charge in [-0.15, -0.1) is 0 Å². The van der Waals surface area contributed by atoms with Gasteiger partial charge in [-0.2, -0.15) is 4.31 Å². The average molecular weight is 488 g/mol. The number of hydrogen-bond acceptors (Lipinski definition) is 6. The Morgan fingerprint density at radius 1 is 1.09 bits per heavy atom. The number of amides is 1. The standard InChI is InChI=1S/C25H33N3O5S/c1-5-28(6-2)34(30,31)20-13-14-22(27-16-7-8-17-27)21(18-20)26-24(29)15-12-19-10-9-11-23(32-3)25(19)33-4/h9-15,18H,5-8,16-17H2,1-4H3,(H,26,29)/b15-12+. The molecule has 1 aliphatic rings. The van der Waals surface area contributed by atoms with Crippen LogP contribution in [0.25, 0.3) is 6.08 Å². The maximum absolute atomic E-state index is 13.1. The van der Waals surface area contributed by atoms with Crippen LogP contribution in [0.5, 0.6) is 11.5 Å². The molecule has 0 aliphatic carbocycles. The lowest BCUT2D eigenvalue weighted by Gasteiger charge is -2.24. The third-order valence-corrected chi connectivity index (χ3v) is 7.91. The second-order valence-corrected chi connectivity index (χ2v) is 9.81. The third kappa shape index (κ3) is 5.53. The number of carbonyl (C=O) groups is 1. The Bertz CT molecular complexity index is 1140. The van der Waals surface area contributed by atoms with Crippen LogP contribution in [0, 0.1) is 0 Å². The minimum atomic E-state index is -3.66. The lowest BCUT2D eigenvalue weighted by Crippen LogP contribution is -2.31. The fourth-order valence-electron chi connectivity index (χ4n) is 4.11. The number of methoxy groups -OCH3 is 2. The van der Waals surface area contributed by atoms with Crippen LogP contribution in [0.2, 0.25) is 0 Å². The van der Waals surface area contributed by atoms with Crippen molar-refractivity contribution >= 4 is 33.4 Å². The van der Waals surface area contributed by atoms with Gasteiger partial charge in [0.2, 0.25) is 15.9 Å². The molecule has 3 rings (SSSR count). The summed E-state index contributed by atoms with van der Waals surface area (Å²) in [7, 11) is -0.563. The molecular weight excluding hydrogens is 454 g/mol. The summed E-state index contributed by atoms with van der Waals surface area (Å²) >= 11 is 0. The number of nitrogens with zero attached hydrogens (tertiary/aromatic N) is 2. The van der Waals surface area contributed by atoms with Crippen LogP contribution >= 0.6 is 0 Å². The minimum absolute atomic E-state index is 0.160. The highest BCUT2D eigenvalue weighted by Crippen LogP contribution is 2.33. The lowest BCUT2D eigenvalue weighted by molar-refractivity contribution is -0.111. The van der Waals surface area contributed by atoms with E-state index in [0.717, 1.165) is 31.6 Å². The predicted octanol–water partition coefficient (Wildman–Crippen LogP) is 3.99. The first kappa shape index (κ1) is 25.6. The molecule has 1 heterocycles. The summed E-state index contributed by atoms with van der Waals surface area (Å²) in [6.07, 6.45) is 5.16. The summed E-state index contributed by atoms with van der Waals surface area (Å²) in [6, 6.07) is 10.4. The third-order valence-electron chi connectivity index (χ3n) is 5.86. The Labute approximate surface area is 202 Å². The molecule has 1 fully saturated rings. The van der Waals surface area contributed by atoms with Gasteiger partial charge in [-0.3, -0.25) is 4.79 Å². The van der Waals surface area contributed by atoms with Crippen molar-refractivity contribution in [2.24, 2.45) is 0 Å². The summed E-state index contributed by atoms with van der Waals surface area (Å²) in [5.41, 5.74) is 1.98. The van der Waals surface area contributed by atoms with Gasteiger partial charge in [-0.1, -0.05) is 26.0 Å². The molecule has 0 unspecified atom stereocenters. The monoisotopic (exact) mass is 487 g/mol. The van der Waals surface area contributed by atoms with E-state index in [9.17, 15) is 13.2 Å². The summed E-state index contributed by atoms with van der Waals surface area (Å²) < 4.78 is 38.3. The van der Waals surface area contributed by atoms with E-state index in [-0.39, 0.29) is 10.8 Å².